The summed E-state index contributed by atoms with van der Waals surface area (Å²) in [4.78, 5) is 11.1. The first kappa shape index (κ1) is 24.3. The molecule has 0 radical (unpaired) electrons. The number of ether oxygens (including phenoxy) is 1. The molecule has 9 heteroatoms. The van der Waals surface area contributed by atoms with Crippen molar-refractivity contribution >= 4 is 15.8 Å². The zero-order chi connectivity index (χ0) is 21.4. The maximum atomic E-state index is 12.6. The highest BCUT2D eigenvalue weighted by atomic mass is 32.2. The van der Waals surface area contributed by atoms with Gasteiger partial charge in [-0.1, -0.05) is 45.4 Å². The van der Waals surface area contributed by atoms with Gasteiger partial charge in [-0.3, -0.25) is 0 Å². The Bertz CT molecular complexity index is 744. The fourth-order valence-electron chi connectivity index (χ4n) is 2.60. The number of unbranched alkanes of at least 4 members (excludes halogenated alkanes) is 6. The summed E-state index contributed by atoms with van der Waals surface area (Å²) in [5.41, 5.74) is -0.614. The van der Waals surface area contributed by atoms with Gasteiger partial charge in [-0.15, -0.1) is 0 Å². The monoisotopic (exact) mass is 424 g/mol. The Morgan fingerprint density at radius 2 is 1.68 bits per heavy atom. The van der Waals surface area contributed by atoms with Gasteiger partial charge in [-0.2, -0.15) is 13.2 Å². The van der Waals surface area contributed by atoms with Crippen molar-refractivity contribution in [2.45, 2.75) is 76.0 Å². The van der Waals surface area contributed by atoms with Gasteiger partial charge in [-0.05, 0) is 31.5 Å². The smallest absolute Gasteiger partial charge is 0.425 e. The van der Waals surface area contributed by atoms with Crippen LogP contribution in [0.15, 0.2) is 23.1 Å². The van der Waals surface area contributed by atoms with Gasteiger partial charge in [0.15, 0.2) is 15.9 Å². The highest BCUT2D eigenvalue weighted by molar-refractivity contribution is 7.91. The summed E-state index contributed by atoms with van der Waals surface area (Å²) in [5, 5.41) is 9.23. The van der Waals surface area contributed by atoms with Gasteiger partial charge in [0.25, 0.3) is 0 Å². The molecule has 0 heterocycles. The minimum atomic E-state index is -4.67. The normalized spacial score (nSPS) is 13.3. The lowest BCUT2D eigenvalue weighted by Crippen LogP contribution is -2.31. The number of aromatic carboxylic acids is 1. The Kier molecular flexibility index (Phi) is 9.26. The average Bonchev–Trinajstić information content (AvgIpc) is 2.60. The summed E-state index contributed by atoms with van der Waals surface area (Å²) in [6.45, 7) is 2.86. The van der Waals surface area contributed by atoms with E-state index in [2.05, 4.69) is 11.7 Å². The average molecular weight is 424 g/mol. The van der Waals surface area contributed by atoms with Crippen LogP contribution in [0.4, 0.5) is 13.2 Å². The molecule has 1 aromatic rings. The summed E-state index contributed by atoms with van der Waals surface area (Å²) in [5.74, 6) is -2.22. The Balaban J connectivity index is 2.82. The topological polar surface area (TPSA) is 80.7 Å². The lowest BCUT2D eigenvalue weighted by molar-refractivity contribution is -0.189. The fourth-order valence-corrected chi connectivity index (χ4v) is 3.99. The predicted octanol–water partition coefficient (Wildman–Crippen LogP) is 5.24. The molecule has 1 rings (SSSR count). The van der Waals surface area contributed by atoms with Crippen molar-refractivity contribution < 1.29 is 36.2 Å². The van der Waals surface area contributed by atoms with E-state index < -0.39 is 39.4 Å². The Morgan fingerprint density at radius 1 is 1.11 bits per heavy atom. The zero-order valence-corrected chi connectivity index (χ0v) is 16.9. The zero-order valence-electron chi connectivity index (χ0n) is 16.1. The van der Waals surface area contributed by atoms with Crippen LogP contribution in [-0.4, -0.2) is 37.5 Å². The van der Waals surface area contributed by atoms with Crippen LogP contribution >= 0.6 is 0 Å². The molecule has 28 heavy (non-hydrogen) atoms. The molecule has 0 aliphatic heterocycles. The standard InChI is InChI=1S/C19H27F3O5S/c1-3-4-5-6-7-8-9-12-28(25,26)15-10-11-17(16(13-15)18(23)24)27-14(2)19(20,21)22/h10-11,13-14H,3-9,12H2,1-2H3,(H,23,24). The van der Waals surface area contributed by atoms with Crippen LogP contribution in [-0.2, 0) is 9.84 Å². The molecular formula is C19H27F3O5S. The molecule has 0 amide bonds. The molecule has 1 atom stereocenters. The van der Waals surface area contributed by atoms with Crippen molar-refractivity contribution in [2.75, 3.05) is 5.75 Å². The number of benzene rings is 1. The van der Waals surface area contributed by atoms with Crippen molar-refractivity contribution in [1.82, 2.24) is 0 Å². The molecule has 0 spiro atoms. The fraction of sp³-hybridized carbons (Fsp3) is 0.632. The highest BCUT2D eigenvalue weighted by Crippen LogP contribution is 2.29. The Labute approximate surface area is 163 Å². The van der Waals surface area contributed by atoms with Crippen molar-refractivity contribution in [3.63, 3.8) is 0 Å². The molecule has 1 N–H and O–H groups in total. The third-order valence-electron chi connectivity index (χ3n) is 4.32. The molecule has 1 unspecified atom stereocenters. The number of halogens is 3. The van der Waals surface area contributed by atoms with Crippen LogP contribution in [0.2, 0.25) is 0 Å². The number of sulfone groups is 1. The first-order valence-electron chi connectivity index (χ1n) is 9.32. The van der Waals surface area contributed by atoms with Crippen LogP contribution in [0.5, 0.6) is 5.75 Å². The van der Waals surface area contributed by atoms with E-state index in [1.165, 1.54) is 0 Å². The molecule has 1 aromatic carbocycles. The number of carboxylic acids is 1. The molecule has 0 bridgehead atoms. The van der Waals surface area contributed by atoms with Crippen LogP contribution < -0.4 is 4.74 Å². The first-order chi connectivity index (χ1) is 13.0. The lowest BCUT2D eigenvalue weighted by atomic mass is 10.1. The molecular weight excluding hydrogens is 397 g/mol. The van der Waals surface area contributed by atoms with Crippen molar-refractivity contribution in [2.24, 2.45) is 0 Å². The predicted molar refractivity (Wildman–Crippen MR) is 99.6 cm³/mol. The Hall–Kier alpha value is -1.77. The summed E-state index contributed by atoms with van der Waals surface area (Å²) < 4.78 is 67.4. The maximum absolute atomic E-state index is 12.6. The molecule has 160 valence electrons. The second kappa shape index (κ2) is 10.7. The van der Waals surface area contributed by atoms with E-state index in [-0.39, 0.29) is 10.6 Å². The number of carboxylic acid groups (broad SMARTS) is 1. The van der Waals surface area contributed by atoms with Crippen molar-refractivity contribution in [3.8, 4) is 5.75 Å². The molecule has 0 aliphatic rings. The van der Waals surface area contributed by atoms with E-state index in [4.69, 9.17) is 0 Å². The molecule has 0 fully saturated rings. The second-order valence-electron chi connectivity index (χ2n) is 6.71. The van der Waals surface area contributed by atoms with E-state index in [1.54, 1.807) is 0 Å². The van der Waals surface area contributed by atoms with E-state index >= 15 is 0 Å². The molecule has 0 saturated carbocycles. The Morgan fingerprint density at radius 3 is 2.21 bits per heavy atom. The minimum absolute atomic E-state index is 0.140. The van der Waals surface area contributed by atoms with Crippen LogP contribution in [0, 0.1) is 0 Å². The van der Waals surface area contributed by atoms with Crippen LogP contribution in [0.1, 0.15) is 69.2 Å². The van der Waals surface area contributed by atoms with Gasteiger partial charge in [-0.25, -0.2) is 13.2 Å². The summed E-state index contributed by atoms with van der Waals surface area (Å²) in [7, 11) is -3.73. The maximum Gasteiger partial charge on any atom is 0.425 e. The highest BCUT2D eigenvalue weighted by Gasteiger charge is 2.38. The van der Waals surface area contributed by atoms with Crippen LogP contribution in [0.25, 0.3) is 0 Å². The minimum Gasteiger partial charge on any atom is -0.480 e. The second-order valence-corrected chi connectivity index (χ2v) is 8.81. The number of alkyl halides is 3. The quantitative estimate of drug-likeness (QED) is 0.464. The largest absolute Gasteiger partial charge is 0.480 e. The molecule has 0 aliphatic carbocycles. The van der Waals surface area contributed by atoms with Gasteiger partial charge in [0.2, 0.25) is 0 Å². The number of hydrogen-bond acceptors (Lipinski definition) is 4. The van der Waals surface area contributed by atoms with Gasteiger partial charge < -0.3 is 9.84 Å². The van der Waals surface area contributed by atoms with E-state index in [0.29, 0.717) is 6.42 Å². The number of rotatable bonds is 12. The van der Waals surface area contributed by atoms with Crippen LogP contribution in [0.3, 0.4) is 0 Å². The lowest BCUT2D eigenvalue weighted by Gasteiger charge is -2.19. The number of carbonyl (C=O) groups is 1. The van der Waals surface area contributed by atoms with E-state index in [9.17, 15) is 31.5 Å². The number of hydrogen-bond donors (Lipinski definition) is 1. The van der Waals surface area contributed by atoms with Gasteiger partial charge in [0.1, 0.15) is 11.3 Å². The SMILES string of the molecule is CCCCCCCCCS(=O)(=O)c1ccc(OC(C)C(F)(F)F)c(C(=O)O)c1. The summed E-state index contributed by atoms with van der Waals surface area (Å²) >= 11 is 0. The van der Waals surface area contributed by atoms with E-state index in [0.717, 1.165) is 63.6 Å². The van der Waals surface area contributed by atoms with Crippen molar-refractivity contribution in [3.05, 3.63) is 23.8 Å². The summed E-state index contributed by atoms with van der Waals surface area (Å²) in [6, 6.07) is 2.90. The van der Waals surface area contributed by atoms with Gasteiger partial charge in [0, 0.05) is 0 Å². The first-order valence-corrected chi connectivity index (χ1v) is 11.0. The summed E-state index contributed by atoms with van der Waals surface area (Å²) in [6.07, 6.45) is -0.335. The third kappa shape index (κ3) is 7.69. The third-order valence-corrected chi connectivity index (χ3v) is 6.12. The molecule has 5 nitrogen and oxygen atoms in total. The molecule has 0 aromatic heterocycles. The van der Waals surface area contributed by atoms with Gasteiger partial charge >= 0.3 is 12.1 Å². The molecule has 0 saturated heterocycles. The van der Waals surface area contributed by atoms with Gasteiger partial charge in [0.05, 0.1) is 10.6 Å². The van der Waals surface area contributed by atoms with Crippen molar-refractivity contribution in [1.29, 1.82) is 0 Å². The van der Waals surface area contributed by atoms with E-state index in [1.807, 2.05) is 0 Å².